The fraction of sp³-hybridized carbons (Fsp3) is 0.364. The predicted octanol–water partition coefficient (Wildman–Crippen LogP) is 2.07. The topological polar surface area (TPSA) is 41.8 Å². The second-order valence-electron chi connectivity index (χ2n) is 3.61. The van der Waals surface area contributed by atoms with Crippen molar-refractivity contribution in [2.75, 3.05) is 7.11 Å². The van der Waals surface area contributed by atoms with Crippen molar-refractivity contribution in [1.29, 1.82) is 0 Å². The van der Waals surface area contributed by atoms with E-state index in [0.717, 1.165) is 23.4 Å². The fourth-order valence-electron chi connectivity index (χ4n) is 1.96. The molecule has 0 bridgehead atoms. The maximum absolute atomic E-state index is 8.87. The second kappa shape index (κ2) is 3.33. The molecule has 14 heavy (non-hydrogen) atoms. The van der Waals surface area contributed by atoms with Crippen LogP contribution in [-0.2, 0) is 6.42 Å². The highest BCUT2D eigenvalue weighted by atomic mass is 16.5. The summed E-state index contributed by atoms with van der Waals surface area (Å²) in [4.78, 5) is 0. The van der Waals surface area contributed by atoms with Gasteiger partial charge in [-0.3, -0.25) is 0 Å². The van der Waals surface area contributed by atoms with Crippen molar-refractivity contribution in [3.05, 3.63) is 29.3 Å². The minimum Gasteiger partial charge on any atom is -0.497 e. The lowest BCUT2D eigenvalue weighted by Crippen LogP contribution is -2.05. The molecule has 1 aliphatic carbocycles. The Morgan fingerprint density at radius 3 is 2.93 bits per heavy atom. The molecule has 0 saturated heterocycles. The van der Waals surface area contributed by atoms with Crippen molar-refractivity contribution in [1.82, 2.24) is 0 Å². The summed E-state index contributed by atoms with van der Waals surface area (Å²) in [6.45, 7) is 2.06. The molecule has 3 heteroatoms. The zero-order valence-electron chi connectivity index (χ0n) is 8.32. The van der Waals surface area contributed by atoms with Gasteiger partial charge >= 0.3 is 0 Å². The van der Waals surface area contributed by atoms with Gasteiger partial charge in [-0.25, -0.2) is 0 Å². The second-order valence-corrected chi connectivity index (χ2v) is 3.61. The van der Waals surface area contributed by atoms with E-state index in [9.17, 15) is 0 Å². The highest BCUT2D eigenvalue weighted by Gasteiger charge is 2.25. The zero-order valence-corrected chi connectivity index (χ0v) is 8.32. The number of methoxy groups -OCH3 is 1. The molecule has 1 aliphatic rings. The minimum absolute atomic E-state index is 0.294. The monoisotopic (exact) mass is 191 g/mol. The molecule has 2 rings (SSSR count). The van der Waals surface area contributed by atoms with Gasteiger partial charge in [-0.1, -0.05) is 12.1 Å². The molecular weight excluding hydrogens is 178 g/mol. The third-order valence-corrected chi connectivity index (χ3v) is 2.69. The van der Waals surface area contributed by atoms with Crippen LogP contribution in [0.2, 0.25) is 0 Å². The first-order valence-corrected chi connectivity index (χ1v) is 4.65. The number of benzene rings is 1. The Labute approximate surface area is 83.0 Å². The number of hydrogen-bond donors (Lipinski definition) is 1. The number of nitrogens with zero attached hydrogens (tertiary/aromatic N) is 1. The van der Waals surface area contributed by atoms with E-state index in [1.165, 1.54) is 5.56 Å². The molecule has 0 spiro atoms. The minimum atomic E-state index is 0.294. The third-order valence-electron chi connectivity index (χ3n) is 2.69. The van der Waals surface area contributed by atoms with Crippen LogP contribution < -0.4 is 4.74 Å². The lowest BCUT2D eigenvalue weighted by Gasteiger charge is -2.02. The van der Waals surface area contributed by atoms with Crippen LogP contribution >= 0.6 is 0 Å². The molecule has 0 saturated carbocycles. The van der Waals surface area contributed by atoms with E-state index in [0.29, 0.717) is 5.92 Å². The van der Waals surface area contributed by atoms with Crippen LogP contribution in [0.25, 0.3) is 0 Å². The third kappa shape index (κ3) is 1.25. The van der Waals surface area contributed by atoms with Crippen molar-refractivity contribution in [3.63, 3.8) is 0 Å². The first-order valence-electron chi connectivity index (χ1n) is 4.65. The Hall–Kier alpha value is -1.51. The predicted molar refractivity (Wildman–Crippen MR) is 54.2 cm³/mol. The Balaban J connectivity index is 2.48. The Morgan fingerprint density at radius 2 is 2.29 bits per heavy atom. The Kier molecular flexibility index (Phi) is 2.15. The van der Waals surface area contributed by atoms with Gasteiger partial charge in [-0.2, -0.15) is 0 Å². The van der Waals surface area contributed by atoms with E-state index in [1.807, 2.05) is 18.2 Å². The molecule has 1 atom stereocenters. The zero-order chi connectivity index (χ0) is 10.1. The van der Waals surface area contributed by atoms with Crippen LogP contribution in [0.15, 0.2) is 23.4 Å². The normalized spacial score (nSPS) is 22.4. The summed E-state index contributed by atoms with van der Waals surface area (Å²) < 4.78 is 5.14. The van der Waals surface area contributed by atoms with Crippen molar-refractivity contribution < 1.29 is 9.94 Å². The Bertz CT molecular complexity index is 385. The number of oxime groups is 1. The Morgan fingerprint density at radius 1 is 1.50 bits per heavy atom. The standard InChI is InChI=1S/C11H13NO2/c1-7-5-8-6-9(14-2)3-4-10(8)11(7)12-13/h3-4,6-7,13H,5H2,1-2H3/b12-11+. The van der Waals surface area contributed by atoms with Crippen LogP contribution in [0.3, 0.4) is 0 Å². The van der Waals surface area contributed by atoms with Crippen molar-refractivity contribution in [3.8, 4) is 5.75 Å². The van der Waals surface area contributed by atoms with Crippen molar-refractivity contribution in [2.24, 2.45) is 11.1 Å². The molecule has 1 aromatic rings. The van der Waals surface area contributed by atoms with Gasteiger partial charge in [0, 0.05) is 11.5 Å². The van der Waals surface area contributed by atoms with Crippen LogP contribution in [0.1, 0.15) is 18.1 Å². The molecule has 3 nitrogen and oxygen atoms in total. The van der Waals surface area contributed by atoms with E-state index >= 15 is 0 Å². The first kappa shape index (κ1) is 9.06. The van der Waals surface area contributed by atoms with E-state index < -0.39 is 0 Å². The average molecular weight is 191 g/mol. The van der Waals surface area contributed by atoms with Gasteiger partial charge in [-0.05, 0) is 30.2 Å². The molecule has 0 aliphatic heterocycles. The van der Waals surface area contributed by atoms with Crippen LogP contribution in [-0.4, -0.2) is 18.0 Å². The summed E-state index contributed by atoms with van der Waals surface area (Å²) in [6, 6.07) is 5.85. The van der Waals surface area contributed by atoms with Gasteiger partial charge in [0.15, 0.2) is 0 Å². The van der Waals surface area contributed by atoms with Gasteiger partial charge in [0.25, 0.3) is 0 Å². The molecular formula is C11H13NO2. The van der Waals surface area contributed by atoms with E-state index in [1.54, 1.807) is 7.11 Å². The van der Waals surface area contributed by atoms with Crippen molar-refractivity contribution >= 4 is 5.71 Å². The maximum atomic E-state index is 8.87. The summed E-state index contributed by atoms with van der Waals surface area (Å²) in [7, 11) is 1.65. The summed E-state index contributed by atoms with van der Waals surface area (Å²) in [5, 5.41) is 12.2. The largest absolute Gasteiger partial charge is 0.497 e. The lowest BCUT2D eigenvalue weighted by atomic mass is 10.1. The van der Waals surface area contributed by atoms with E-state index in [-0.39, 0.29) is 0 Å². The molecule has 1 N–H and O–H groups in total. The number of ether oxygens (including phenoxy) is 1. The molecule has 0 fully saturated rings. The molecule has 1 unspecified atom stereocenters. The highest BCUT2D eigenvalue weighted by Crippen LogP contribution is 2.29. The molecule has 0 aromatic heterocycles. The van der Waals surface area contributed by atoms with Crippen LogP contribution in [0.5, 0.6) is 5.75 Å². The van der Waals surface area contributed by atoms with Crippen LogP contribution in [0, 0.1) is 5.92 Å². The summed E-state index contributed by atoms with van der Waals surface area (Å²) in [6.07, 6.45) is 0.923. The van der Waals surface area contributed by atoms with Gasteiger partial charge in [0.1, 0.15) is 5.75 Å². The molecule has 1 aromatic carbocycles. The summed E-state index contributed by atoms with van der Waals surface area (Å²) in [5.74, 6) is 1.15. The maximum Gasteiger partial charge on any atom is 0.119 e. The molecule has 0 heterocycles. The SMILES string of the molecule is COc1ccc2c(c1)CC(C)/C2=N\O. The molecule has 74 valence electrons. The summed E-state index contributed by atoms with van der Waals surface area (Å²) in [5.41, 5.74) is 3.02. The van der Waals surface area contributed by atoms with Crippen LogP contribution in [0.4, 0.5) is 0 Å². The van der Waals surface area contributed by atoms with E-state index in [2.05, 4.69) is 12.1 Å². The lowest BCUT2D eigenvalue weighted by molar-refractivity contribution is 0.316. The van der Waals surface area contributed by atoms with E-state index in [4.69, 9.17) is 9.94 Å². The molecule has 0 radical (unpaired) electrons. The quantitative estimate of drug-likeness (QED) is 0.545. The first-order chi connectivity index (χ1) is 6.76. The highest BCUT2D eigenvalue weighted by molar-refractivity contribution is 6.05. The van der Waals surface area contributed by atoms with Gasteiger partial charge in [0.05, 0.1) is 12.8 Å². The van der Waals surface area contributed by atoms with Gasteiger partial charge in [-0.15, -0.1) is 0 Å². The number of rotatable bonds is 1. The number of fused-ring (bicyclic) bond motifs is 1. The van der Waals surface area contributed by atoms with Crippen molar-refractivity contribution in [2.45, 2.75) is 13.3 Å². The fourth-order valence-corrected chi connectivity index (χ4v) is 1.96. The summed E-state index contributed by atoms with van der Waals surface area (Å²) >= 11 is 0. The molecule has 0 amide bonds. The average Bonchev–Trinajstić information content (AvgIpc) is 2.51. The van der Waals surface area contributed by atoms with Gasteiger partial charge in [0.2, 0.25) is 0 Å². The smallest absolute Gasteiger partial charge is 0.119 e. The van der Waals surface area contributed by atoms with Gasteiger partial charge < -0.3 is 9.94 Å². The number of hydrogen-bond acceptors (Lipinski definition) is 3.